The highest BCUT2D eigenvalue weighted by Crippen LogP contribution is 2.39. The molecule has 1 fully saturated rings. The summed E-state index contributed by atoms with van der Waals surface area (Å²) >= 11 is 0. The van der Waals surface area contributed by atoms with E-state index in [-0.39, 0.29) is 5.92 Å². The van der Waals surface area contributed by atoms with Gasteiger partial charge in [-0.2, -0.15) is 0 Å². The largest absolute Gasteiger partial charge is 0.492 e. The average molecular weight is 317 g/mol. The predicted molar refractivity (Wildman–Crippen MR) is 94.5 cm³/mol. The van der Waals surface area contributed by atoms with Crippen LogP contribution in [0.1, 0.15) is 45.6 Å². The monoisotopic (exact) mass is 317 g/mol. The Morgan fingerprint density at radius 3 is 2.74 bits per heavy atom. The standard InChI is InChI=1S/C20H31NO2/c1-14(2)17-9-8-15(3)12-18(17)19(22)13-16-6-4-5-7-20(16)23-11-10-21/h4-7,14-15,17-18H,8-13,21H2,1-3H3/t15-,17+,18-/m1/s1. The zero-order valence-electron chi connectivity index (χ0n) is 14.8. The number of hydrogen-bond donors (Lipinski definition) is 1. The number of para-hydroxylation sites is 1. The van der Waals surface area contributed by atoms with E-state index in [1.165, 1.54) is 12.8 Å². The zero-order valence-corrected chi connectivity index (χ0v) is 14.8. The molecule has 128 valence electrons. The number of carbonyl (C=O) groups is 1. The highest BCUT2D eigenvalue weighted by atomic mass is 16.5. The van der Waals surface area contributed by atoms with E-state index in [1.54, 1.807) is 0 Å². The summed E-state index contributed by atoms with van der Waals surface area (Å²) in [6.45, 7) is 7.74. The van der Waals surface area contributed by atoms with E-state index < -0.39 is 0 Å². The minimum absolute atomic E-state index is 0.196. The highest BCUT2D eigenvalue weighted by molar-refractivity contribution is 5.84. The number of ketones is 1. The molecule has 1 aromatic carbocycles. The van der Waals surface area contributed by atoms with Gasteiger partial charge in [-0.05, 0) is 36.7 Å². The van der Waals surface area contributed by atoms with Crippen LogP contribution in [0.25, 0.3) is 0 Å². The van der Waals surface area contributed by atoms with Gasteiger partial charge >= 0.3 is 0 Å². The van der Waals surface area contributed by atoms with Crippen molar-refractivity contribution < 1.29 is 9.53 Å². The van der Waals surface area contributed by atoms with Crippen LogP contribution in [0.15, 0.2) is 24.3 Å². The molecule has 1 aromatic rings. The molecule has 2 rings (SSSR count). The maximum Gasteiger partial charge on any atom is 0.140 e. The first-order chi connectivity index (χ1) is 11.0. The Hall–Kier alpha value is -1.35. The molecule has 0 radical (unpaired) electrons. The molecule has 3 nitrogen and oxygen atoms in total. The summed E-state index contributed by atoms with van der Waals surface area (Å²) in [5, 5.41) is 0. The molecule has 1 aliphatic carbocycles. The SMILES string of the molecule is CC(C)[C@@H]1CC[C@@H](C)C[C@H]1C(=O)Cc1ccccc1OCCN. The zero-order chi connectivity index (χ0) is 16.8. The van der Waals surface area contributed by atoms with E-state index in [4.69, 9.17) is 10.5 Å². The fourth-order valence-electron chi connectivity index (χ4n) is 3.85. The van der Waals surface area contributed by atoms with Crippen LogP contribution in [-0.4, -0.2) is 18.9 Å². The van der Waals surface area contributed by atoms with E-state index in [9.17, 15) is 4.79 Å². The molecule has 3 heteroatoms. The van der Waals surface area contributed by atoms with E-state index >= 15 is 0 Å². The number of hydrogen-bond acceptors (Lipinski definition) is 3. The topological polar surface area (TPSA) is 52.3 Å². The van der Waals surface area contributed by atoms with Gasteiger partial charge in [-0.15, -0.1) is 0 Å². The van der Waals surface area contributed by atoms with Crippen LogP contribution in [0, 0.1) is 23.7 Å². The van der Waals surface area contributed by atoms with Crippen LogP contribution in [-0.2, 0) is 11.2 Å². The smallest absolute Gasteiger partial charge is 0.140 e. The number of ether oxygens (including phenoxy) is 1. The second kappa shape index (κ2) is 8.49. The highest BCUT2D eigenvalue weighted by Gasteiger charge is 2.35. The molecule has 0 amide bonds. The van der Waals surface area contributed by atoms with Crippen molar-refractivity contribution in [3.8, 4) is 5.75 Å². The summed E-state index contributed by atoms with van der Waals surface area (Å²) in [7, 11) is 0. The predicted octanol–water partition coefficient (Wildman–Crippen LogP) is 3.84. The lowest BCUT2D eigenvalue weighted by molar-refractivity contribution is -0.126. The number of benzene rings is 1. The van der Waals surface area contributed by atoms with Gasteiger partial charge in [-0.25, -0.2) is 0 Å². The molecule has 0 spiro atoms. The van der Waals surface area contributed by atoms with Crippen LogP contribution in [0.4, 0.5) is 0 Å². The molecule has 0 aromatic heterocycles. The van der Waals surface area contributed by atoms with Crippen molar-refractivity contribution in [3.63, 3.8) is 0 Å². The lowest BCUT2D eigenvalue weighted by Crippen LogP contribution is -2.34. The van der Waals surface area contributed by atoms with Crippen molar-refractivity contribution in [2.24, 2.45) is 29.4 Å². The van der Waals surface area contributed by atoms with Crippen LogP contribution in [0.3, 0.4) is 0 Å². The van der Waals surface area contributed by atoms with Gasteiger partial charge in [0.05, 0.1) is 0 Å². The van der Waals surface area contributed by atoms with E-state index in [0.717, 1.165) is 17.7 Å². The minimum Gasteiger partial charge on any atom is -0.492 e. The molecule has 0 heterocycles. The first kappa shape index (κ1) is 18.0. The quantitative estimate of drug-likeness (QED) is 0.831. The van der Waals surface area contributed by atoms with Crippen LogP contribution in [0.2, 0.25) is 0 Å². The van der Waals surface area contributed by atoms with Gasteiger partial charge in [-0.3, -0.25) is 4.79 Å². The number of nitrogens with two attached hydrogens (primary N) is 1. The molecule has 0 unspecified atom stereocenters. The molecule has 3 atom stereocenters. The molecule has 2 N–H and O–H groups in total. The molecule has 0 aliphatic heterocycles. The van der Waals surface area contributed by atoms with Gasteiger partial charge in [0.25, 0.3) is 0 Å². The Labute approximate surface area is 140 Å². The van der Waals surface area contributed by atoms with Gasteiger partial charge in [0.1, 0.15) is 18.1 Å². The molecular formula is C20H31NO2. The van der Waals surface area contributed by atoms with Gasteiger partial charge in [0.2, 0.25) is 0 Å². The van der Waals surface area contributed by atoms with Crippen molar-refractivity contribution in [3.05, 3.63) is 29.8 Å². The number of carbonyl (C=O) groups excluding carboxylic acids is 1. The van der Waals surface area contributed by atoms with E-state index in [0.29, 0.717) is 43.1 Å². The van der Waals surface area contributed by atoms with Crippen molar-refractivity contribution in [2.75, 3.05) is 13.2 Å². The summed E-state index contributed by atoms with van der Waals surface area (Å²) in [6, 6.07) is 7.85. The Morgan fingerprint density at radius 1 is 1.30 bits per heavy atom. The van der Waals surface area contributed by atoms with Crippen molar-refractivity contribution in [1.29, 1.82) is 0 Å². The summed E-state index contributed by atoms with van der Waals surface area (Å²) in [5.74, 6) is 3.12. The first-order valence-corrected chi connectivity index (χ1v) is 8.96. The van der Waals surface area contributed by atoms with Gasteiger partial charge in [0.15, 0.2) is 0 Å². The summed E-state index contributed by atoms with van der Waals surface area (Å²) in [6.07, 6.45) is 3.94. The van der Waals surface area contributed by atoms with Gasteiger partial charge in [-0.1, -0.05) is 45.4 Å². The summed E-state index contributed by atoms with van der Waals surface area (Å²) in [4.78, 5) is 13.0. The molecule has 1 aliphatic rings. The van der Waals surface area contributed by atoms with Crippen molar-refractivity contribution in [2.45, 2.75) is 46.5 Å². The van der Waals surface area contributed by atoms with Crippen LogP contribution >= 0.6 is 0 Å². The van der Waals surface area contributed by atoms with Crippen LogP contribution in [0.5, 0.6) is 5.75 Å². The van der Waals surface area contributed by atoms with Gasteiger partial charge in [0, 0.05) is 24.4 Å². The van der Waals surface area contributed by atoms with Crippen molar-refractivity contribution in [1.82, 2.24) is 0 Å². The number of Topliss-reactive ketones (excluding diaryl/α,β-unsaturated/α-hetero) is 1. The molecule has 1 saturated carbocycles. The normalized spacial score (nSPS) is 24.7. The molecular weight excluding hydrogens is 286 g/mol. The maximum absolute atomic E-state index is 13.0. The lowest BCUT2D eigenvalue weighted by atomic mass is 9.68. The Morgan fingerprint density at radius 2 is 2.04 bits per heavy atom. The summed E-state index contributed by atoms with van der Waals surface area (Å²) < 4.78 is 5.69. The fourth-order valence-corrected chi connectivity index (χ4v) is 3.85. The summed E-state index contributed by atoms with van der Waals surface area (Å²) in [5.41, 5.74) is 6.51. The third-order valence-corrected chi connectivity index (χ3v) is 5.15. The minimum atomic E-state index is 0.196. The fraction of sp³-hybridized carbons (Fsp3) is 0.650. The maximum atomic E-state index is 13.0. The molecule has 23 heavy (non-hydrogen) atoms. The number of rotatable bonds is 7. The average Bonchev–Trinajstić information content (AvgIpc) is 2.53. The Bertz CT molecular complexity index is 512. The lowest BCUT2D eigenvalue weighted by Gasteiger charge is -2.36. The molecule has 0 saturated heterocycles. The van der Waals surface area contributed by atoms with Gasteiger partial charge < -0.3 is 10.5 Å². The van der Waals surface area contributed by atoms with E-state index in [2.05, 4.69) is 20.8 Å². The molecule has 0 bridgehead atoms. The second-order valence-electron chi connectivity index (χ2n) is 7.32. The third kappa shape index (κ3) is 4.81. The Kier molecular flexibility index (Phi) is 6.64. The van der Waals surface area contributed by atoms with Crippen molar-refractivity contribution >= 4 is 5.78 Å². The van der Waals surface area contributed by atoms with E-state index in [1.807, 2.05) is 24.3 Å². The van der Waals surface area contributed by atoms with Crippen LogP contribution < -0.4 is 10.5 Å². The third-order valence-electron chi connectivity index (χ3n) is 5.15. The second-order valence-corrected chi connectivity index (χ2v) is 7.32. The Balaban J connectivity index is 2.10. The first-order valence-electron chi connectivity index (χ1n) is 8.96.